The number of likely N-dealkylation sites (N-methyl/N-ethyl adjacent to an activating group) is 1. The van der Waals surface area contributed by atoms with Crippen molar-refractivity contribution in [1.82, 2.24) is 0 Å². The summed E-state index contributed by atoms with van der Waals surface area (Å²) >= 11 is 0. The Kier molecular flexibility index (Phi) is 2.30. The first-order chi connectivity index (χ1) is 8.27. The standard InChI is InChI=1S/C14H16N2O/c1-16-9-6-11-12(4-2-5-13(11)16)14(15-10-17)7-3-8-14/h2,4-5H,3,6-9H2,1H3. The van der Waals surface area contributed by atoms with Crippen molar-refractivity contribution >= 4 is 11.8 Å². The summed E-state index contributed by atoms with van der Waals surface area (Å²) in [5.74, 6) is 0. The van der Waals surface area contributed by atoms with Gasteiger partial charge in [0.15, 0.2) is 0 Å². The minimum absolute atomic E-state index is 0.252. The number of isocyanates is 1. The Hall–Kier alpha value is -1.60. The summed E-state index contributed by atoms with van der Waals surface area (Å²) in [6, 6.07) is 6.37. The number of benzene rings is 1. The predicted octanol–water partition coefficient (Wildman–Crippen LogP) is 2.39. The van der Waals surface area contributed by atoms with E-state index in [1.54, 1.807) is 6.08 Å². The Morgan fingerprint density at radius 3 is 2.88 bits per heavy atom. The molecule has 1 saturated carbocycles. The molecule has 3 rings (SSSR count). The lowest BCUT2D eigenvalue weighted by Crippen LogP contribution is -2.32. The molecule has 0 N–H and O–H groups in total. The van der Waals surface area contributed by atoms with E-state index in [1.807, 2.05) is 0 Å². The maximum atomic E-state index is 10.6. The molecule has 1 heterocycles. The fourth-order valence-corrected chi connectivity index (χ4v) is 3.07. The lowest BCUT2D eigenvalue weighted by molar-refractivity contribution is 0.254. The Bertz CT molecular complexity index is 499. The first kappa shape index (κ1) is 10.5. The van der Waals surface area contributed by atoms with Crippen molar-refractivity contribution in [3.8, 4) is 0 Å². The van der Waals surface area contributed by atoms with Crippen LogP contribution in [0.5, 0.6) is 0 Å². The van der Waals surface area contributed by atoms with Gasteiger partial charge in [0, 0.05) is 19.3 Å². The number of rotatable bonds is 2. The zero-order valence-electron chi connectivity index (χ0n) is 10.1. The van der Waals surface area contributed by atoms with Crippen LogP contribution < -0.4 is 4.90 Å². The van der Waals surface area contributed by atoms with Crippen LogP contribution in [0.3, 0.4) is 0 Å². The van der Waals surface area contributed by atoms with Crippen molar-refractivity contribution < 1.29 is 4.79 Å². The molecule has 0 unspecified atom stereocenters. The van der Waals surface area contributed by atoms with E-state index in [2.05, 4.69) is 35.1 Å². The van der Waals surface area contributed by atoms with E-state index < -0.39 is 0 Å². The molecule has 17 heavy (non-hydrogen) atoms. The van der Waals surface area contributed by atoms with E-state index in [0.29, 0.717) is 0 Å². The van der Waals surface area contributed by atoms with E-state index >= 15 is 0 Å². The second-order valence-electron chi connectivity index (χ2n) is 5.06. The third-order valence-corrected chi connectivity index (χ3v) is 4.20. The van der Waals surface area contributed by atoms with Gasteiger partial charge in [-0.15, -0.1) is 0 Å². The summed E-state index contributed by atoms with van der Waals surface area (Å²) in [6.45, 7) is 1.06. The molecule has 1 fully saturated rings. The molecular weight excluding hydrogens is 212 g/mol. The average molecular weight is 228 g/mol. The normalized spacial score (nSPS) is 20.4. The first-order valence-corrected chi connectivity index (χ1v) is 6.19. The third-order valence-electron chi connectivity index (χ3n) is 4.20. The highest BCUT2D eigenvalue weighted by molar-refractivity contribution is 5.62. The van der Waals surface area contributed by atoms with Crippen molar-refractivity contribution in [2.24, 2.45) is 4.99 Å². The van der Waals surface area contributed by atoms with Gasteiger partial charge in [-0.3, -0.25) is 0 Å². The lowest BCUT2D eigenvalue weighted by atomic mass is 9.70. The maximum absolute atomic E-state index is 10.6. The van der Waals surface area contributed by atoms with Crippen molar-refractivity contribution in [3.63, 3.8) is 0 Å². The number of fused-ring (bicyclic) bond motifs is 1. The van der Waals surface area contributed by atoms with Crippen molar-refractivity contribution in [3.05, 3.63) is 29.3 Å². The van der Waals surface area contributed by atoms with Crippen LogP contribution in [0.1, 0.15) is 30.4 Å². The van der Waals surface area contributed by atoms with Crippen LogP contribution in [0.2, 0.25) is 0 Å². The van der Waals surface area contributed by atoms with Gasteiger partial charge in [-0.25, -0.2) is 4.79 Å². The summed E-state index contributed by atoms with van der Waals surface area (Å²) in [6.07, 6.45) is 5.97. The molecule has 0 spiro atoms. The molecule has 1 aromatic rings. The van der Waals surface area contributed by atoms with E-state index in [0.717, 1.165) is 32.2 Å². The molecule has 2 aliphatic rings. The molecule has 1 aromatic carbocycles. The molecule has 0 saturated heterocycles. The maximum Gasteiger partial charge on any atom is 0.235 e. The molecular formula is C14H16N2O. The largest absolute Gasteiger partial charge is 0.374 e. The molecule has 3 heteroatoms. The summed E-state index contributed by atoms with van der Waals surface area (Å²) in [5, 5.41) is 0. The topological polar surface area (TPSA) is 32.7 Å². The Labute approximate surface area is 101 Å². The number of nitrogens with zero attached hydrogens (tertiary/aromatic N) is 2. The van der Waals surface area contributed by atoms with E-state index in [4.69, 9.17) is 0 Å². The van der Waals surface area contributed by atoms with Gasteiger partial charge in [0.05, 0.1) is 5.54 Å². The highest BCUT2D eigenvalue weighted by Crippen LogP contribution is 2.48. The van der Waals surface area contributed by atoms with E-state index in [1.165, 1.54) is 16.8 Å². The molecule has 0 aromatic heterocycles. The second-order valence-corrected chi connectivity index (χ2v) is 5.06. The minimum Gasteiger partial charge on any atom is -0.374 e. The summed E-state index contributed by atoms with van der Waals surface area (Å²) < 4.78 is 0. The Morgan fingerprint density at radius 2 is 2.24 bits per heavy atom. The van der Waals surface area contributed by atoms with Crippen LogP contribution in [-0.4, -0.2) is 19.7 Å². The second kappa shape index (κ2) is 3.71. The van der Waals surface area contributed by atoms with Gasteiger partial charge >= 0.3 is 0 Å². The van der Waals surface area contributed by atoms with Gasteiger partial charge < -0.3 is 4.90 Å². The molecule has 1 aliphatic carbocycles. The first-order valence-electron chi connectivity index (χ1n) is 6.19. The Balaban J connectivity index is 2.13. The zero-order chi connectivity index (χ0) is 11.9. The quantitative estimate of drug-likeness (QED) is 0.575. The molecule has 88 valence electrons. The van der Waals surface area contributed by atoms with Gasteiger partial charge in [-0.2, -0.15) is 4.99 Å². The minimum atomic E-state index is -0.252. The van der Waals surface area contributed by atoms with Crippen LogP contribution in [0, 0.1) is 0 Å². The summed E-state index contributed by atoms with van der Waals surface area (Å²) in [5.41, 5.74) is 3.69. The van der Waals surface area contributed by atoms with Crippen LogP contribution in [-0.2, 0) is 16.8 Å². The molecule has 0 amide bonds. The molecule has 0 radical (unpaired) electrons. The number of carbonyl (C=O) groups excluding carboxylic acids is 1. The fourth-order valence-electron chi connectivity index (χ4n) is 3.07. The average Bonchev–Trinajstić information content (AvgIpc) is 2.66. The Morgan fingerprint density at radius 1 is 1.41 bits per heavy atom. The zero-order valence-corrected chi connectivity index (χ0v) is 10.1. The molecule has 0 bridgehead atoms. The van der Waals surface area contributed by atoms with E-state index in [-0.39, 0.29) is 5.54 Å². The van der Waals surface area contributed by atoms with Crippen molar-refractivity contribution in [2.75, 3.05) is 18.5 Å². The van der Waals surface area contributed by atoms with Crippen LogP contribution >= 0.6 is 0 Å². The van der Waals surface area contributed by atoms with Gasteiger partial charge in [0.1, 0.15) is 0 Å². The number of hydrogen-bond acceptors (Lipinski definition) is 3. The predicted molar refractivity (Wildman–Crippen MR) is 67.1 cm³/mol. The fraction of sp³-hybridized carbons (Fsp3) is 0.500. The molecule has 0 atom stereocenters. The van der Waals surface area contributed by atoms with Gasteiger partial charge in [-0.05, 0) is 42.9 Å². The molecule has 3 nitrogen and oxygen atoms in total. The third kappa shape index (κ3) is 1.43. The smallest absolute Gasteiger partial charge is 0.235 e. The van der Waals surface area contributed by atoms with Gasteiger partial charge in [0.25, 0.3) is 0 Å². The highest BCUT2D eigenvalue weighted by atomic mass is 16.1. The lowest BCUT2D eigenvalue weighted by Gasteiger charge is -2.38. The summed E-state index contributed by atoms with van der Waals surface area (Å²) in [7, 11) is 2.12. The molecule has 1 aliphatic heterocycles. The van der Waals surface area contributed by atoms with Crippen molar-refractivity contribution in [1.29, 1.82) is 0 Å². The van der Waals surface area contributed by atoms with Crippen LogP contribution in [0.15, 0.2) is 23.2 Å². The van der Waals surface area contributed by atoms with Gasteiger partial charge in [-0.1, -0.05) is 12.1 Å². The van der Waals surface area contributed by atoms with Crippen LogP contribution in [0.4, 0.5) is 5.69 Å². The number of anilines is 1. The highest BCUT2D eigenvalue weighted by Gasteiger charge is 2.41. The van der Waals surface area contributed by atoms with E-state index in [9.17, 15) is 4.79 Å². The summed E-state index contributed by atoms with van der Waals surface area (Å²) in [4.78, 5) is 17.0. The van der Waals surface area contributed by atoms with Crippen LogP contribution in [0.25, 0.3) is 0 Å². The van der Waals surface area contributed by atoms with Crippen molar-refractivity contribution in [2.45, 2.75) is 31.2 Å². The SMILES string of the molecule is CN1CCc2c1cccc2C1(N=C=O)CCC1. The monoisotopic (exact) mass is 228 g/mol. The van der Waals surface area contributed by atoms with Gasteiger partial charge in [0.2, 0.25) is 6.08 Å². The number of aliphatic imine (C=N–C) groups is 1. The number of hydrogen-bond donors (Lipinski definition) is 0.